The monoisotopic (exact) mass is 446 g/mol. The molecule has 1 aliphatic rings. The third-order valence-corrected chi connectivity index (χ3v) is 6.93. The molecule has 28 heavy (non-hydrogen) atoms. The number of hydrogen-bond acceptors (Lipinski definition) is 7. The van der Waals surface area contributed by atoms with Gasteiger partial charge < -0.3 is 10.2 Å². The summed E-state index contributed by atoms with van der Waals surface area (Å²) in [5.74, 6) is -0.487. The van der Waals surface area contributed by atoms with Gasteiger partial charge in [-0.2, -0.15) is 0 Å². The van der Waals surface area contributed by atoms with Crippen molar-refractivity contribution in [1.29, 1.82) is 0 Å². The van der Waals surface area contributed by atoms with Crippen LogP contribution in [0, 0.1) is 11.7 Å². The Kier molecular flexibility index (Phi) is 6.73. The van der Waals surface area contributed by atoms with Crippen LogP contribution in [0.1, 0.15) is 25.7 Å². The van der Waals surface area contributed by atoms with Gasteiger partial charge in [0, 0.05) is 18.1 Å². The average Bonchev–Trinajstić information content (AvgIpc) is 3.15. The number of hydrogen-bond donors (Lipinski definition) is 2. The van der Waals surface area contributed by atoms with E-state index < -0.39 is 20.7 Å². The Morgan fingerprint density at radius 3 is 2.79 bits per heavy atom. The van der Waals surface area contributed by atoms with Gasteiger partial charge in [-0.15, -0.1) is 11.3 Å². The number of benzene rings is 1. The van der Waals surface area contributed by atoms with E-state index in [4.69, 9.17) is 16.4 Å². The van der Waals surface area contributed by atoms with Gasteiger partial charge in [0.1, 0.15) is 17.8 Å². The molecule has 2 N–H and O–H groups in total. The van der Waals surface area contributed by atoms with Crippen LogP contribution in [-0.4, -0.2) is 32.8 Å². The average molecular weight is 447 g/mol. The molecular weight excluding hydrogens is 427 g/mol. The van der Waals surface area contributed by atoms with Crippen LogP contribution in [-0.2, 0) is 14.9 Å². The molecule has 0 spiro atoms. The van der Waals surface area contributed by atoms with Gasteiger partial charge in [-0.05, 0) is 43.7 Å². The van der Waals surface area contributed by atoms with Gasteiger partial charge in [-0.1, -0.05) is 16.8 Å². The lowest BCUT2D eigenvalue weighted by Crippen LogP contribution is -2.21. The molecule has 0 radical (unpaired) electrons. The van der Waals surface area contributed by atoms with Crippen LogP contribution in [0.4, 0.5) is 15.2 Å². The summed E-state index contributed by atoms with van der Waals surface area (Å²) in [7, 11) is -2.58. The summed E-state index contributed by atoms with van der Waals surface area (Å²) in [5, 5.41) is 9.02. The van der Waals surface area contributed by atoms with Crippen molar-refractivity contribution in [2.45, 2.75) is 30.6 Å². The SMILES string of the molecule is CON=C1CCC(CNc2cc(F)c(S(=O)(=O)Nc3nccs3)cc2Cl)CC1. The zero-order valence-electron chi connectivity index (χ0n) is 15.1. The van der Waals surface area contributed by atoms with Gasteiger partial charge >= 0.3 is 0 Å². The molecule has 0 bridgehead atoms. The molecule has 152 valence electrons. The second-order valence-corrected chi connectivity index (χ2v) is 9.32. The Balaban J connectivity index is 1.66. The summed E-state index contributed by atoms with van der Waals surface area (Å²) in [5.41, 5.74) is 1.41. The number of anilines is 2. The summed E-state index contributed by atoms with van der Waals surface area (Å²) in [4.78, 5) is 8.12. The minimum absolute atomic E-state index is 0.137. The quantitative estimate of drug-likeness (QED) is 0.617. The highest BCUT2D eigenvalue weighted by atomic mass is 35.5. The molecule has 1 saturated carbocycles. The van der Waals surface area contributed by atoms with Crippen molar-refractivity contribution in [2.24, 2.45) is 11.1 Å². The molecule has 0 unspecified atom stereocenters. The highest BCUT2D eigenvalue weighted by Crippen LogP contribution is 2.31. The number of sulfonamides is 1. The van der Waals surface area contributed by atoms with Crippen LogP contribution in [0.2, 0.25) is 5.02 Å². The molecule has 0 amide bonds. The van der Waals surface area contributed by atoms with Crippen LogP contribution in [0.3, 0.4) is 0 Å². The maximum Gasteiger partial charge on any atom is 0.266 e. The van der Waals surface area contributed by atoms with E-state index in [0.29, 0.717) is 18.2 Å². The molecule has 1 aromatic heterocycles. The van der Waals surface area contributed by atoms with Crippen LogP contribution < -0.4 is 10.0 Å². The first-order valence-corrected chi connectivity index (χ1v) is 11.4. The first-order chi connectivity index (χ1) is 13.4. The second kappa shape index (κ2) is 9.06. The van der Waals surface area contributed by atoms with Crippen LogP contribution in [0.5, 0.6) is 0 Å². The predicted molar refractivity (Wildman–Crippen MR) is 109 cm³/mol. The van der Waals surface area contributed by atoms with E-state index in [1.165, 1.54) is 13.3 Å². The summed E-state index contributed by atoms with van der Waals surface area (Å²) >= 11 is 7.30. The minimum atomic E-state index is -4.11. The number of thiazole rings is 1. The zero-order chi connectivity index (χ0) is 20.1. The Morgan fingerprint density at radius 2 is 2.14 bits per heavy atom. The van der Waals surface area contributed by atoms with Gasteiger partial charge in [0.15, 0.2) is 5.13 Å². The maximum atomic E-state index is 14.5. The minimum Gasteiger partial charge on any atom is -0.399 e. The van der Waals surface area contributed by atoms with Crippen molar-refractivity contribution >= 4 is 49.5 Å². The van der Waals surface area contributed by atoms with Crippen molar-refractivity contribution in [2.75, 3.05) is 23.7 Å². The largest absolute Gasteiger partial charge is 0.399 e. The summed E-state index contributed by atoms with van der Waals surface area (Å²) in [6.45, 7) is 0.614. The van der Waals surface area contributed by atoms with Crippen molar-refractivity contribution < 1.29 is 17.6 Å². The van der Waals surface area contributed by atoms with Crippen molar-refractivity contribution in [3.05, 3.63) is 34.5 Å². The standard InChI is InChI=1S/C17H20ClFN4O3S2/c1-26-22-12-4-2-11(3-5-12)10-21-15-9-14(19)16(8-13(15)18)28(24,25)23-17-20-6-7-27-17/h6-9,11,21H,2-5,10H2,1H3,(H,20,23). The number of oxime groups is 1. The van der Waals surface area contributed by atoms with Crippen molar-refractivity contribution in [1.82, 2.24) is 4.98 Å². The molecule has 3 rings (SSSR count). The van der Waals surface area contributed by atoms with Crippen molar-refractivity contribution in [3.8, 4) is 0 Å². The predicted octanol–water partition coefficient (Wildman–Crippen LogP) is 4.34. The molecule has 2 aromatic rings. The fourth-order valence-electron chi connectivity index (χ4n) is 3.00. The molecule has 1 heterocycles. The van der Waals surface area contributed by atoms with Gasteiger partial charge in [0.25, 0.3) is 10.0 Å². The second-order valence-electron chi connectivity index (χ2n) is 6.37. The zero-order valence-corrected chi connectivity index (χ0v) is 17.5. The molecule has 7 nitrogen and oxygen atoms in total. The highest BCUT2D eigenvalue weighted by Gasteiger charge is 2.23. The lowest BCUT2D eigenvalue weighted by atomic mass is 9.88. The van der Waals surface area contributed by atoms with Crippen LogP contribution in [0.15, 0.2) is 33.8 Å². The lowest BCUT2D eigenvalue weighted by Gasteiger charge is -2.23. The smallest absolute Gasteiger partial charge is 0.266 e. The Hall–Kier alpha value is -1.91. The van der Waals surface area contributed by atoms with Gasteiger partial charge in [0.05, 0.1) is 16.4 Å². The molecule has 1 fully saturated rings. The van der Waals surface area contributed by atoms with E-state index in [0.717, 1.165) is 54.9 Å². The summed E-state index contributed by atoms with van der Waals surface area (Å²) < 4.78 is 41.5. The third kappa shape index (κ3) is 5.12. The first-order valence-electron chi connectivity index (χ1n) is 8.63. The molecule has 1 aromatic carbocycles. The van der Waals surface area contributed by atoms with Gasteiger partial charge in [0.2, 0.25) is 0 Å². The van der Waals surface area contributed by atoms with Crippen LogP contribution >= 0.6 is 22.9 Å². The number of halogens is 2. The van der Waals surface area contributed by atoms with E-state index in [1.807, 2.05) is 0 Å². The Bertz CT molecular complexity index is 942. The lowest BCUT2D eigenvalue weighted by molar-refractivity contribution is 0.210. The first kappa shape index (κ1) is 20.8. The number of rotatable bonds is 7. The summed E-state index contributed by atoms with van der Waals surface area (Å²) in [6.07, 6.45) is 5.07. The number of aromatic nitrogens is 1. The highest BCUT2D eigenvalue weighted by molar-refractivity contribution is 7.93. The van der Waals surface area contributed by atoms with E-state index in [9.17, 15) is 12.8 Å². The van der Waals surface area contributed by atoms with Crippen molar-refractivity contribution in [3.63, 3.8) is 0 Å². The fourth-order valence-corrected chi connectivity index (χ4v) is 5.17. The van der Waals surface area contributed by atoms with E-state index in [-0.39, 0.29) is 10.2 Å². The molecular formula is C17H20ClFN4O3S2. The number of nitrogens with one attached hydrogen (secondary N) is 2. The fraction of sp³-hybridized carbons (Fsp3) is 0.412. The Morgan fingerprint density at radius 1 is 1.39 bits per heavy atom. The third-order valence-electron chi connectivity index (χ3n) is 4.45. The maximum absolute atomic E-state index is 14.5. The number of nitrogens with zero attached hydrogens (tertiary/aromatic N) is 2. The van der Waals surface area contributed by atoms with Crippen LogP contribution in [0.25, 0.3) is 0 Å². The topological polar surface area (TPSA) is 92.7 Å². The molecule has 0 atom stereocenters. The van der Waals surface area contributed by atoms with E-state index in [1.54, 1.807) is 5.38 Å². The molecule has 0 saturated heterocycles. The van der Waals surface area contributed by atoms with Gasteiger partial charge in [-0.25, -0.2) is 17.8 Å². The Labute approximate surface area is 172 Å². The molecule has 1 aliphatic carbocycles. The van der Waals surface area contributed by atoms with E-state index in [2.05, 4.69) is 20.2 Å². The molecule has 0 aliphatic heterocycles. The normalized spacial score (nSPS) is 17.2. The molecule has 11 heteroatoms. The van der Waals surface area contributed by atoms with Gasteiger partial charge in [-0.3, -0.25) is 4.72 Å². The van der Waals surface area contributed by atoms with E-state index >= 15 is 0 Å². The summed E-state index contributed by atoms with van der Waals surface area (Å²) in [6, 6.07) is 2.22.